The van der Waals surface area contributed by atoms with Crippen LogP contribution in [0.2, 0.25) is 0 Å². The Balaban J connectivity index is 1.99. The van der Waals surface area contributed by atoms with Crippen LogP contribution in [0.15, 0.2) is 18.2 Å². The largest absolute Gasteiger partial charge is 0.454 e. The van der Waals surface area contributed by atoms with Crippen molar-refractivity contribution >= 4 is 0 Å². The smallest absolute Gasteiger partial charge is 0.231 e. The monoisotopic (exact) mass is 222 g/mol. The van der Waals surface area contributed by atoms with Gasteiger partial charge >= 0.3 is 0 Å². The molecule has 1 unspecified atom stereocenters. The van der Waals surface area contributed by atoms with Crippen LogP contribution in [0.25, 0.3) is 0 Å². The lowest BCUT2D eigenvalue weighted by molar-refractivity contribution is 0.174. The maximum Gasteiger partial charge on any atom is 0.231 e. The van der Waals surface area contributed by atoms with E-state index in [1.807, 2.05) is 25.2 Å². The van der Waals surface area contributed by atoms with Crippen molar-refractivity contribution in [2.45, 2.75) is 19.4 Å². The van der Waals surface area contributed by atoms with Gasteiger partial charge in [0.25, 0.3) is 0 Å². The fraction of sp³-hybridized carbons (Fsp3) is 0.500. The van der Waals surface area contributed by atoms with Gasteiger partial charge in [-0.3, -0.25) is 10.4 Å². The Morgan fingerprint density at radius 1 is 1.31 bits per heavy atom. The first-order valence-corrected chi connectivity index (χ1v) is 5.47. The van der Waals surface area contributed by atoms with Crippen molar-refractivity contribution in [3.8, 4) is 11.5 Å². The van der Waals surface area contributed by atoms with Gasteiger partial charge in [0.05, 0.1) is 0 Å². The molecule has 0 aliphatic carbocycles. The van der Waals surface area contributed by atoms with Gasteiger partial charge in [-0.1, -0.05) is 6.07 Å². The minimum Gasteiger partial charge on any atom is -0.454 e. The molecule has 1 heterocycles. The molecular weight excluding hydrogens is 204 g/mol. The molecule has 16 heavy (non-hydrogen) atoms. The Kier molecular flexibility index (Phi) is 3.31. The van der Waals surface area contributed by atoms with Crippen molar-refractivity contribution in [3.05, 3.63) is 23.8 Å². The van der Waals surface area contributed by atoms with Gasteiger partial charge in [-0.25, -0.2) is 0 Å². The summed E-state index contributed by atoms with van der Waals surface area (Å²) in [4.78, 5) is 0. The SMILES string of the molecule is CC(Cc1ccc2c(c1)OCO2)NN(C)C. The van der Waals surface area contributed by atoms with E-state index in [2.05, 4.69) is 24.5 Å². The van der Waals surface area contributed by atoms with Crippen LogP contribution in [0.3, 0.4) is 0 Å². The first-order chi connectivity index (χ1) is 7.65. The Hall–Kier alpha value is -1.26. The summed E-state index contributed by atoms with van der Waals surface area (Å²) in [6, 6.07) is 6.51. The number of hydrazine groups is 1. The molecule has 1 N–H and O–H groups in total. The number of fused-ring (bicyclic) bond motifs is 1. The molecule has 0 fully saturated rings. The van der Waals surface area contributed by atoms with E-state index >= 15 is 0 Å². The molecule has 1 aromatic carbocycles. The van der Waals surface area contributed by atoms with E-state index < -0.39 is 0 Å². The molecule has 1 aliphatic rings. The zero-order valence-corrected chi connectivity index (χ0v) is 9.99. The van der Waals surface area contributed by atoms with E-state index in [-0.39, 0.29) is 0 Å². The molecular formula is C12H18N2O2. The normalized spacial score (nSPS) is 15.5. The van der Waals surface area contributed by atoms with Crippen molar-refractivity contribution in [2.75, 3.05) is 20.9 Å². The van der Waals surface area contributed by atoms with Crippen LogP contribution < -0.4 is 14.9 Å². The lowest BCUT2D eigenvalue weighted by atomic mass is 10.1. The molecule has 2 rings (SSSR count). The summed E-state index contributed by atoms with van der Waals surface area (Å²) in [5, 5.41) is 1.97. The molecule has 4 heteroatoms. The second kappa shape index (κ2) is 4.72. The first kappa shape index (κ1) is 11.2. The van der Waals surface area contributed by atoms with Gasteiger partial charge in [0.15, 0.2) is 11.5 Å². The van der Waals surface area contributed by atoms with E-state index in [4.69, 9.17) is 9.47 Å². The molecule has 0 aromatic heterocycles. The third kappa shape index (κ3) is 2.65. The lowest BCUT2D eigenvalue weighted by Crippen LogP contribution is -2.39. The first-order valence-electron chi connectivity index (χ1n) is 5.47. The summed E-state index contributed by atoms with van der Waals surface area (Å²) in [7, 11) is 3.99. The molecule has 4 nitrogen and oxygen atoms in total. The van der Waals surface area contributed by atoms with E-state index in [9.17, 15) is 0 Å². The van der Waals surface area contributed by atoms with Crippen LogP contribution in [-0.4, -0.2) is 31.9 Å². The molecule has 0 saturated carbocycles. The lowest BCUT2D eigenvalue weighted by Gasteiger charge is -2.19. The van der Waals surface area contributed by atoms with E-state index in [1.165, 1.54) is 5.56 Å². The van der Waals surface area contributed by atoms with Gasteiger partial charge in [-0.15, -0.1) is 0 Å². The Labute approximate surface area is 96.1 Å². The van der Waals surface area contributed by atoms with Crippen molar-refractivity contribution in [1.29, 1.82) is 0 Å². The van der Waals surface area contributed by atoms with Gasteiger partial charge < -0.3 is 9.47 Å². The van der Waals surface area contributed by atoms with Crippen LogP contribution in [0.5, 0.6) is 11.5 Å². The molecule has 88 valence electrons. The molecule has 0 radical (unpaired) electrons. The predicted molar refractivity (Wildman–Crippen MR) is 62.6 cm³/mol. The molecule has 1 atom stereocenters. The predicted octanol–water partition coefficient (Wildman–Crippen LogP) is 1.41. The zero-order valence-electron chi connectivity index (χ0n) is 9.99. The highest BCUT2D eigenvalue weighted by Crippen LogP contribution is 2.32. The standard InChI is InChI=1S/C12H18N2O2/c1-9(13-14(2)3)6-10-4-5-11-12(7-10)16-8-15-11/h4-5,7,9,13H,6,8H2,1-3H3. The maximum absolute atomic E-state index is 5.35. The number of rotatable bonds is 4. The summed E-state index contributed by atoms with van der Waals surface area (Å²) < 4.78 is 10.6. The Morgan fingerprint density at radius 2 is 2.06 bits per heavy atom. The third-order valence-corrected chi connectivity index (χ3v) is 2.46. The Bertz CT molecular complexity index is 366. The molecule has 0 amide bonds. The fourth-order valence-electron chi connectivity index (χ4n) is 1.91. The molecule has 0 spiro atoms. The van der Waals surface area contributed by atoms with Gasteiger partial charge in [0.1, 0.15) is 0 Å². The van der Waals surface area contributed by atoms with Crippen LogP contribution in [-0.2, 0) is 6.42 Å². The van der Waals surface area contributed by atoms with Crippen molar-refractivity contribution < 1.29 is 9.47 Å². The number of nitrogens with one attached hydrogen (secondary N) is 1. The van der Waals surface area contributed by atoms with Gasteiger partial charge in [0.2, 0.25) is 6.79 Å². The summed E-state index contributed by atoms with van der Waals surface area (Å²) in [6.45, 7) is 2.49. The van der Waals surface area contributed by atoms with Crippen molar-refractivity contribution in [2.24, 2.45) is 0 Å². The highest BCUT2D eigenvalue weighted by molar-refractivity contribution is 5.44. The number of ether oxygens (including phenoxy) is 2. The highest BCUT2D eigenvalue weighted by Gasteiger charge is 2.14. The third-order valence-electron chi connectivity index (χ3n) is 2.46. The van der Waals surface area contributed by atoms with Gasteiger partial charge in [-0.05, 0) is 31.0 Å². The van der Waals surface area contributed by atoms with Gasteiger partial charge in [-0.2, -0.15) is 0 Å². The molecule has 1 aromatic rings. The van der Waals surface area contributed by atoms with Crippen molar-refractivity contribution in [3.63, 3.8) is 0 Å². The average molecular weight is 222 g/mol. The number of hydrogen-bond donors (Lipinski definition) is 1. The number of nitrogens with zero attached hydrogens (tertiary/aromatic N) is 1. The van der Waals surface area contributed by atoms with Gasteiger partial charge in [0, 0.05) is 20.1 Å². The minimum absolute atomic E-state index is 0.338. The summed E-state index contributed by atoms with van der Waals surface area (Å²) in [5.74, 6) is 1.70. The maximum atomic E-state index is 5.35. The van der Waals surface area contributed by atoms with Crippen LogP contribution in [0.1, 0.15) is 12.5 Å². The topological polar surface area (TPSA) is 33.7 Å². The number of benzene rings is 1. The van der Waals surface area contributed by atoms with E-state index in [0.717, 1.165) is 17.9 Å². The minimum atomic E-state index is 0.338. The molecule has 0 saturated heterocycles. The highest BCUT2D eigenvalue weighted by atomic mass is 16.7. The Morgan fingerprint density at radius 3 is 2.81 bits per heavy atom. The zero-order chi connectivity index (χ0) is 11.5. The second-order valence-electron chi connectivity index (χ2n) is 4.32. The van der Waals surface area contributed by atoms with Crippen LogP contribution >= 0.6 is 0 Å². The summed E-state index contributed by atoms with van der Waals surface area (Å²) in [5.41, 5.74) is 4.58. The summed E-state index contributed by atoms with van der Waals surface area (Å²) in [6.07, 6.45) is 0.967. The quantitative estimate of drug-likeness (QED) is 0.781. The average Bonchev–Trinajstić information content (AvgIpc) is 2.63. The van der Waals surface area contributed by atoms with E-state index in [0.29, 0.717) is 12.8 Å². The molecule has 1 aliphatic heterocycles. The van der Waals surface area contributed by atoms with Crippen molar-refractivity contribution in [1.82, 2.24) is 10.4 Å². The second-order valence-corrected chi connectivity index (χ2v) is 4.32. The van der Waals surface area contributed by atoms with E-state index in [1.54, 1.807) is 0 Å². The summed E-state index contributed by atoms with van der Waals surface area (Å²) >= 11 is 0. The van der Waals surface area contributed by atoms with Crippen LogP contribution in [0.4, 0.5) is 0 Å². The number of hydrogen-bond acceptors (Lipinski definition) is 4. The molecule has 0 bridgehead atoms. The van der Waals surface area contributed by atoms with Crippen LogP contribution in [0, 0.1) is 0 Å². The fourth-order valence-corrected chi connectivity index (χ4v) is 1.91.